The van der Waals surface area contributed by atoms with Crippen molar-refractivity contribution in [3.05, 3.63) is 39.9 Å². The third-order valence-electron chi connectivity index (χ3n) is 1.59. The Morgan fingerprint density at radius 3 is 2.79 bits per heavy atom. The van der Waals surface area contributed by atoms with Crippen LogP contribution in [-0.2, 0) is 6.54 Å². The fourth-order valence-corrected chi connectivity index (χ4v) is 0.970. The van der Waals surface area contributed by atoms with Crippen LogP contribution in [0.4, 0.5) is 5.69 Å². The lowest BCUT2D eigenvalue weighted by Gasteiger charge is -2.01. The quantitative estimate of drug-likeness (QED) is 0.588. The molecule has 0 fully saturated rings. The third-order valence-corrected chi connectivity index (χ3v) is 1.59. The van der Waals surface area contributed by atoms with Gasteiger partial charge in [-0.2, -0.15) is 0 Å². The third kappa shape index (κ3) is 3.69. The van der Waals surface area contributed by atoms with E-state index in [1.165, 1.54) is 6.07 Å². The normalized spacial score (nSPS) is 9.21. The van der Waals surface area contributed by atoms with Gasteiger partial charge in [0.2, 0.25) is 0 Å². The number of nitro benzene ring substituents is 1. The fraction of sp³-hybridized carbons (Fsp3) is 0.250. The van der Waals surface area contributed by atoms with Gasteiger partial charge in [0.1, 0.15) is 0 Å². The maximum atomic E-state index is 10.4. The molecule has 0 aliphatic heterocycles. The fourth-order valence-electron chi connectivity index (χ4n) is 0.970. The summed E-state index contributed by atoms with van der Waals surface area (Å²) in [6.07, 6.45) is 0. The highest BCUT2D eigenvalue weighted by Gasteiger charge is 2.04. The number of benzene rings is 1. The van der Waals surface area contributed by atoms with Gasteiger partial charge in [-0.3, -0.25) is 21.0 Å². The maximum Gasteiger partial charge on any atom is 0.269 e. The summed E-state index contributed by atoms with van der Waals surface area (Å²) >= 11 is 0. The first kappa shape index (κ1) is 12.8. The van der Waals surface area contributed by atoms with Crippen LogP contribution in [0.25, 0.3) is 0 Å². The highest BCUT2D eigenvalue weighted by molar-refractivity contribution is 5.85. The van der Waals surface area contributed by atoms with Crippen LogP contribution < -0.4 is 10.9 Å². The lowest BCUT2D eigenvalue weighted by molar-refractivity contribution is -0.384. The molecule has 1 aromatic carbocycles. The highest BCUT2D eigenvalue weighted by Crippen LogP contribution is 2.12. The van der Waals surface area contributed by atoms with E-state index >= 15 is 0 Å². The van der Waals surface area contributed by atoms with Gasteiger partial charge in [-0.25, -0.2) is 0 Å². The minimum absolute atomic E-state index is 0. The van der Waals surface area contributed by atoms with E-state index in [4.69, 9.17) is 0 Å². The molecule has 0 aromatic heterocycles. The Morgan fingerprint density at radius 2 is 2.21 bits per heavy atom. The maximum absolute atomic E-state index is 10.4. The van der Waals surface area contributed by atoms with Gasteiger partial charge in [0.15, 0.2) is 0 Å². The minimum atomic E-state index is -0.400. The number of halogens is 1. The summed E-state index contributed by atoms with van der Waals surface area (Å²) in [5, 5.41) is 10.4. The summed E-state index contributed by atoms with van der Waals surface area (Å²) in [6.45, 7) is 0.568. The molecule has 6 heteroatoms. The molecule has 0 unspecified atom stereocenters. The smallest absolute Gasteiger partial charge is 0.261 e. The summed E-state index contributed by atoms with van der Waals surface area (Å²) in [4.78, 5) is 10.00. The Morgan fingerprint density at radius 1 is 1.50 bits per heavy atom. The van der Waals surface area contributed by atoms with Gasteiger partial charge in [0, 0.05) is 18.7 Å². The monoisotopic (exact) mass is 217 g/mol. The molecule has 5 nitrogen and oxygen atoms in total. The first-order valence-electron chi connectivity index (χ1n) is 3.87. The van der Waals surface area contributed by atoms with Crippen LogP contribution in [0.5, 0.6) is 0 Å². The number of hydrazine groups is 1. The van der Waals surface area contributed by atoms with E-state index in [2.05, 4.69) is 10.9 Å². The molecule has 2 N–H and O–H groups in total. The Bertz CT molecular complexity index is 306. The number of nitrogens with zero attached hydrogens (tertiary/aromatic N) is 1. The average molecular weight is 218 g/mol. The second-order valence-corrected chi connectivity index (χ2v) is 2.53. The largest absolute Gasteiger partial charge is 0.269 e. The van der Waals surface area contributed by atoms with Crippen LogP contribution in [0.3, 0.4) is 0 Å². The second-order valence-electron chi connectivity index (χ2n) is 2.53. The Balaban J connectivity index is 0.00000169. The molecule has 0 aliphatic carbocycles. The molecular formula is C8H12ClN3O2. The topological polar surface area (TPSA) is 67.2 Å². The van der Waals surface area contributed by atoms with Gasteiger partial charge in [-0.05, 0) is 12.6 Å². The van der Waals surface area contributed by atoms with Gasteiger partial charge in [-0.1, -0.05) is 12.1 Å². The molecule has 0 radical (unpaired) electrons. The SMILES string of the molecule is CNNCc1cccc([N+](=O)[O-])c1.Cl. The number of hydrogen-bond donors (Lipinski definition) is 2. The van der Waals surface area contributed by atoms with Crippen LogP contribution in [0, 0.1) is 10.1 Å². The molecule has 0 atom stereocenters. The zero-order valence-corrected chi connectivity index (χ0v) is 8.50. The van der Waals surface area contributed by atoms with E-state index in [-0.39, 0.29) is 18.1 Å². The first-order chi connectivity index (χ1) is 6.24. The minimum Gasteiger partial charge on any atom is -0.261 e. The number of rotatable bonds is 4. The summed E-state index contributed by atoms with van der Waals surface area (Å²) in [5.74, 6) is 0. The van der Waals surface area contributed by atoms with Crippen molar-refractivity contribution < 1.29 is 4.92 Å². The van der Waals surface area contributed by atoms with Crippen molar-refractivity contribution in [2.45, 2.75) is 6.54 Å². The van der Waals surface area contributed by atoms with E-state index in [1.54, 1.807) is 19.2 Å². The number of nitrogens with one attached hydrogen (secondary N) is 2. The molecule has 1 rings (SSSR count). The summed E-state index contributed by atoms with van der Waals surface area (Å²) in [5.41, 5.74) is 6.60. The number of nitro groups is 1. The molecule has 0 spiro atoms. The first-order valence-corrected chi connectivity index (χ1v) is 3.87. The van der Waals surface area contributed by atoms with Crippen molar-refractivity contribution in [1.82, 2.24) is 10.9 Å². The number of non-ortho nitro benzene ring substituents is 1. The van der Waals surface area contributed by atoms with E-state index in [0.717, 1.165) is 5.56 Å². The van der Waals surface area contributed by atoms with Gasteiger partial charge in [0.05, 0.1) is 4.92 Å². The van der Waals surface area contributed by atoms with Gasteiger partial charge in [-0.15, -0.1) is 12.4 Å². The molecule has 0 bridgehead atoms. The molecule has 0 amide bonds. The van der Waals surface area contributed by atoms with Crippen molar-refractivity contribution in [2.24, 2.45) is 0 Å². The molecule has 78 valence electrons. The lowest BCUT2D eigenvalue weighted by Crippen LogP contribution is -2.26. The average Bonchev–Trinajstić information content (AvgIpc) is 2.15. The molecular weight excluding hydrogens is 206 g/mol. The zero-order valence-electron chi connectivity index (χ0n) is 7.69. The van der Waals surface area contributed by atoms with E-state index in [1.807, 2.05) is 6.07 Å². The Hall–Kier alpha value is -1.17. The zero-order chi connectivity index (χ0) is 9.68. The van der Waals surface area contributed by atoms with Crippen LogP contribution >= 0.6 is 12.4 Å². The Labute approximate surface area is 88.0 Å². The lowest BCUT2D eigenvalue weighted by atomic mass is 10.2. The summed E-state index contributed by atoms with van der Waals surface area (Å²) in [6, 6.07) is 6.52. The van der Waals surface area contributed by atoms with Crippen molar-refractivity contribution in [3.63, 3.8) is 0 Å². The van der Waals surface area contributed by atoms with Gasteiger partial charge < -0.3 is 0 Å². The second kappa shape index (κ2) is 6.31. The predicted octanol–water partition coefficient (Wildman–Crippen LogP) is 1.24. The van der Waals surface area contributed by atoms with Crippen LogP contribution in [0.15, 0.2) is 24.3 Å². The van der Waals surface area contributed by atoms with Crippen molar-refractivity contribution in [3.8, 4) is 0 Å². The van der Waals surface area contributed by atoms with Crippen LogP contribution in [0.2, 0.25) is 0 Å². The molecule has 0 heterocycles. The van der Waals surface area contributed by atoms with Crippen molar-refractivity contribution in [2.75, 3.05) is 7.05 Å². The standard InChI is InChI=1S/C8H11N3O2.ClH/c1-9-10-6-7-3-2-4-8(5-7)11(12)13;/h2-5,9-10H,6H2,1H3;1H. The molecule has 1 aromatic rings. The van der Waals surface area contributed by atoms with Crippen molar-refractivity contribution >= 4 is 18.1 Å². The molecule has 0 saturated heterocycles. The summed E-state index contributed by atoms with van der Waals surface area (Å²) < 4.78 is 0. The highest BCUT2D eigenvalue weighted by atomic mass is 35.5. The van der Waals surface area contributed by atoms with E-state index in [9.17, 15) is 10.1 Å². The predicted molar refractivity (Wildman–Crippen MR) is 56.2 cm³/mol. The summed E-state index contributed by atoms with van der Waals surface area (Å²) in [7, 11) is 1.75. The van der Waals surface area contributed by atoms with Crippen LogP contribution in [0.1, 0.15) is 5.56 Å². The van der Waals surface area contributed by atoms with E-state index < -0.39 is 4.92 Å². The number of hydrogen-bond acceptors (Lipinski definition) is 4. The van der Waals surface area contributed by atoms with Crippen molar-refractivity contribution in [1.29, 1.82) is 0 Å². The molecule has 0 aliphatic rings. The van der Waals surface area contributed by atoms with Crippen LogP contribution in [-0.4, -0.2) is 12.0 Å². The van der Waals surface area contributed by atoms with Gasteiger partial charge in [0.25, 0.3) is 5.69 Å². The van der Waals surface area contributed by atoms with E-state index in [0.29, 0.717) is 6.54 Å². The molecule has 14 heavy (non-hydrogen) atoms. The molecule has 0 saturated carbocycles. The Kier molecular flexibility index (Phi) is 5.78. The van der Waals surface area contributed by atoms with Gasteiger partial charge >= 0.3 is 0 Å².